The summed E-state index contributed by atoms with van der Waals surface area (Å²) >= 11 is 0. The monoisotopic (exact) mass is 273 g/mol. The molecule has 0 spiro atoms. The van der Waals surface area contributed by atoms with Crippen LogP contribution >= 0.6 is 0 Å². The van der Waals surface area contributed by atoms with E-state index in [0.29, 0.717) is 11.2 Å². The van der Waals surface area contributed by atoms with Gasteiger partial charge in [0.2, 0.25) is 0 Å². The number of nitrogens with one attached hydrogen (secondary N) is 1. The van der Waals surface area contributed by atoms with Crippen LogP contribution in [-0.4, -0.2) is 22.5 Å². The van der Waals surface area contributed by atoms with Gasteiger partial charge in [-0.05, 0) is 0 Å². The Kier molecular flexibility index (Phi) is 3.04. The molecule has 0 bridgehead atoms. The third-order valence-corrected chi connectivity index (χ3v) is 2.60. The molecule has 0 aromatic carbocycles. The average molecular weight is 273 g/mol. The Labute approximate surface area is 97.8 Å². The fourth-order valence-corrected chi connectivity index (χ4v) is 1.95. The van der Waals surface area contributed by atoms with Crippen molar-refractivity contribution in [3.63, 3.8) is 0 Å². The van der Waals surface area contributed by atoms with Gasteiger partial charge in [0.1, 0.15) is 6.54 Å². The van der Waals surface area contributed by atoms with Crippen molar-refractivity contribution in [2.45, 2.75) is 31.9 Å². The third kappa shape index (κ3) is 2.60. The van der Waals surface area contributed by atoms with Crippen molar-refractivity contribution in [1.29, 1.82) is 0 Å². The van der Waals surface area contributed by atoms with Gasteiger partial charge in [0, 0.05) is 30.8 Å². The highest BCUT2D eigenvalue weighted by Crippen LogP contribution is 2.34. The van der Waals surface area contributed by atoms with Gasteiger partial charge in [0.05, 0.1) is 0 Å². The van der Waals surface area contributed by atoms with E-state index in [1.807, 2.05) is 0 Å². The average Bonchev–Trinajstić information content (AvgIpc) is 2.55. The Balaban J connectivity index is 2.45. The fraction of sp³-hybridized carbons (Fsp3) is 0.667. The van der Waals surface area contributed by atoms with Crippen LogP contribution in [0.25, 0.3) is 0 Å². The van der Waals surface area contributed by atoms with Crippen LogP contribution in [0.4, 0.5) is 26.3 Å². The number of hydrogen-bond acceptors (Lipinski definition) is 2. The third-order valence-electron chi connectivity index (χ3n) is 2.60. The molecule has 0 radical (unpaired) electrons. The molecule has 1 aliphatic heterocycles. The predicted molar refractivity (Wildman–Crippen MR) is 48.7 cm³/mol. The number of nitrogens with zero attached hydrogens (tertiary/aromatic N) is 2. The van der Waals surface area contributed by atoms with E-state index in [9.17, 15) is 26.3 Å². The highest BCUT2D eigenvalue weighted by atomic mass is 19.4. The van der Waals surface area contributed by atoms with E-state index in [1.165, 1.54) is 0 Å². The van der Waals surface area contributed by atoms with Gasteiger partial charge in [-0.15, -0.1) is 0 Å². The molecule has 1 aliphatic rings. The van der Waals surface area contributed by atoms with Crippen molar-refractivity contribution in [2.75, 3.05) is 6.54 Å². The Hall–Kier alpha value is -1.25. The number of hydrogen-bond donors (Lipinski definition) is 1. The van der Waals surface area contributed by atoms with Crippen LogP contribution in [0.1, 0.15) is 17.0 Å². The van der Waals surface area contributed by atoms with E-state index in [1.54, 1.807) is 0 Å². The normalized spacial score (nSPS) is 16.8. The molecule has 2 heterocycles. The molecule has 0 aliphatic carbocycles. The molecule has 1 N–H and O–H groups in total. The Morgan fingerprint density at radius 1 is 1.17 bits per heavy atom. The summed E-state index contributed by atoms with van der Waals surface area (Å²) in [5, 5.41) is 5.78. The van der Waals surface area contributed by atoms with Gasteiger partial charge in [-0.1, -0.05) is 0 Å². The molecule has 2 rings (SSSR count). The molecule has 0 saturated carbocycles. The molecule has 0 unspecified atom stereocenters. The summed E-state index contributed by atoms with van der Waals surface area (Å²) < 4.78 is 75.1. The zero-order valence-corrected chi connectivity index (χ0v) is 8.99. The second-order valence-corrected chi connectivity index (χ2v) is 3.97. The first kappa shape index (κ1) is 13.2. The van der Waals surface area contributed by atoms with Crippen LogP contribution in [0.3, 0.4) is 0 Å². The van der Waals surface area contributed by atoms with Crippen molar-refractivity contribution in [3.05, 3.63) is 17.0 Å². The summed E-state index contributed by atoms with van der Waals surface area (Å²) in [6.45, 7) is -1.26. The lowest BCUT2D eigenvalue weighted by Gasteiger charge is -2.16. The van der Waals surface area contributed by atoms with Crippen LogP contribution < -0.4 is 5.32 Å². The van der Waals surface area contributed by atoms with Crippen LogP contribution in [0.15, 0.2) is 0 Å². The quantitative estimate of drug-likeness (QED) is 0.794. The molecule has 0 amide bonds. The topological polar surface area (TPSA) is 29.9 Å². The molecule has 9 heteroatoms. The molecular weight excluding hydrogens is 264 g/mol. The summed E-state index contributed by atoms with van der Waals surface area (Å²) in [7, 11) is 0. The SMILES string of the molecule is FC(F)(F)Cn1nc(C(F)(F)F)c2c1CCNC2. The van der Waals surface area contributed by atoms with Gasteiger partial charge in [-0.25, -0.2) is 0 Å². The Morgan fingerprint density at radius 2 is 1.83 bits per heavy atom. The van der Waals surface area contributed by atoms with Gasteiger partial charge in [0.25, 0.3) is 0 Å². The molecule has 1 aromatic heterocycles. The maximum atomic E-state index is 12.6. The molecule has 102 valence electrons. The smallest absolute Gasteiger partial charge is 0.312 e. The number of rotatable bonds is 1. The summed E-state index contributed by atoms with van der Waals surface area (Å²) in [5.74, 6) is 0. The summed E-state index contributed by atoms with van der Waals surface area (Å²) in [6, 6.07) is 0. The minimum atomic E-state index is -4.74. The van der Waals surface area contributed by atoms with Crippen LogP contribution in [0.2, 0.25) is 0 Å². The van der Waals surface area contributed by atoms with E-state index in [0.717, 1.165) is 0 Å². The highest BCUT2D eigenvalue weighted by molar-refractivity contribution is 5.30. The van der Waals surface area contributed by atoms with Crippen molar-refractivity contribution < 1.29 is 26.3 Å². The van der Waals surface area contributed by atoms with Gasteiger partial charge >= 0.3 is 12.4 Å². The molecule has 0 saturated heterocycles. The fourth-order valence-electron chi connectivity index (χ4n) is 1.95. The summed E-state index contributed by atoms with van der Waals surface area (Å²) in [6.07, 6.45) is -9.22. The first-order valence-electron chi connectivity index (χ1n) is 5.12. The first-order valence-corrected chi connectivity index (χ1v) is 5.12. The van der Waals surface area contributed by atoms with E-state index < -0.39 is 24.6 Å². The van der Waals surface area contributed by atoms with Crippen LogP contribution in [-0.2, 0) is 25.7 Å². The first-order chi connectivity index (χ1) is 8.18. The van der Waals surface area contributed by atoms with Crippen LogP contribution in [0.5, 0.6) is 0 Å². The number of fused-ring (bicyclic) bond motifs is 1. The van der Waals surface area contributed by atoms with Crippen LogP contribution in [0, 0.1) is 0 Å². The summed E-state index contributed by atoms with van der Waals surface area (Å²) in [4.78, 5) is 0. The second kappa shape index (κ2) is 4.15. The Bertz CT molecular complexity index is 444. The number of aromatic nitrogens is 2. The van der Waals surface area contributed by atoms with Gasteiger partial charge in [-0.2, -0.15) is 31.4 Å². The number of alkyl halides is 6. The van der Waals surface area contributed by atoms with Crippen molar-refractivity contribution in [2.24, 2.45) is 0 Å². The standard InChI is InChI=1S/C9H9F6N3/c10-8(11,12)4-18-6-1-2-16-3-5(6)7(17-18)9(13,14)15/h16H,1-4H2. The van der Waals surface area contributed by atoms with Crippen molar-refractivity contribution in [3.8, 4) is 0 Å². The lowest BCUT2D eigenvalue weighted by atomic mass is 10.1. The van der Waals surface area contributed by atoms with Gasteiger partial charge in [0.15, 0.2) is 5.69 Å². The van der Waals surface area contributed by atoms with Crippen molar-refractivity contribution >= 4 is 0 Å². The largest absolute Gasteiger partial charge is 0.435 e. The van der Waals surface area contributed by atoms with Gasteiger partial charge < -0.3 is 5.32 Å². The predicted octanol–water partition coefficient (Wildman–Crippen LogP) is 2.11. The lowest BCUT2D eigenvalue weighted by molar-refractivity contribution is -0.149. The molecular formula is C9H9F6N3. The molecule has 0 fully saturated rings. The maximum absolute atomic E-state index is 12.6. The molecule has 18 heavy (non-hydrogen) atoms. The lowest BCUT2D eigenvalue weighted by Crippen LogP contribution is -2.27. The minimum absolute atomic E-state index is 0.0124. The zero-order valence-electron chi connectivity index (χ0n) is 8.99. The summed E-state index contributed by atoms with van der Waals surface area (Å²) in [5.41, 5.74) is -1.40. The van der Waals surface area contributed by atoms with E-state index in [-0.39, 0.29) is 24.2 Å². The molecule has 1 aromatic rings. The van der Waals surface area contributed by atoms with Gasteiger partial charge in [-0.3, -0.25) is 4.68 Å². The van der Waals surface area contributed by atoms with Crippen molar-refractivity contribution in [1.82, 2.24) is 15.1 Å². The Morgan fingerprint density at radius 3 is 2.39 bits per heavy atom. The molecule has 3 nitrogen and oxygen atoms in total. The molecule has 0 atom stereocenters. The zero-order chi connectivity index (χ0) is 13.6. The second-order valence-electron chi connectivity index (χ2n) is 3.97. The highest BCUT2D eigenvalue weighted by Gasteiger charge is 2.41. The number of halogens is 6. The maximum Gasteiger partial charge on any atom is 0.435 e. The van der Waals surface area contributed by atoms with E-state index in [2.05, 4.69) is 10.4 Å². The van der Waals surface area contributed by atoms with E-state index in [4.69, 9.17) is 0 Å². The van der Waals surface area contributed by atoms with E-state index >= 15 is 0 Å². The minimum Gasteiger partial charge on any atom is -0.312 e.